The SMILES string of the molecule is COc1c(C)cc(C)cc1CNC(=O)C1CC(N)C1. The Balaban J connectivity index is 2.01. The molecule has 1 aliphatic rings. The molecule has 0 unspecified atom stereocenters. The standard InChI is InChI=1S/C15H22N2O2/c1-9-4-10(2)14(19-3)12(5-9)8-17-15(18)11-6-13(16)7-11/h4-5,11,13H,6-8,16H2,1-3H3,(H,17,18). The van der Waals surface area contributed by atoms with E-state index in [-0.39, 0.29) is 17.9 Å². The summed E-state index contributed by atoms with van der Waals surface area (Å²) in [6.45, 7) is 4.57. The molecule has 0 heterocycles. The first-order chi connectivity index (χ1) is 9.01. The highest BCUT2D eigenvalue weighted by Crippen LogP contribution is 2.27. The van der Waals surface area contributed by atoms with Gasteiger partial charge < -0.3 is 15.8 Å². The maximum Gasteiger partial charge on any atom is 0.223 e. The van der Waals surface area contributed by atoms with Crippen LogP contribution in [0.5, 0.6) is 5.75 Å². The average Bonchev–Trinajstić information content (AvgIpc) is 2.31. The van der Waals surface area contributed by atoms with Gasteiger partial charge in [0.15, 0.2) is 0 Å². The van der Waals surface area contributed by atoms with Crippen LogP contribution in [0.2, 0.25) is 0 Å². The number of hydrogen-bond donors (Lipinski definition) is 2. The Bertz CT molecular complexity index is 479. The monoisotopic (exact) mass is 262 g/mol. The molecule has 1 saturated carbocycles. The second-order valence-corrected chi connectivity index (χ2v) is 5.42. The van der Waals surface area contributed by atoms with Crippen LogP contribution >= 0.6 is 0 Å². The molecule has 3 N–H and O–H groups in total. The Labute approximate surface area is 114 Å². The fraction of sp³-hybridized carbons (Fsp3) is 0.533. The molecule has 0 aliphatic heterocycles. The second kappa shape index (κ2) is 5.61. The maximum absolute atomic E-state index is 11.9. The van der Waals surface area contributed by atoms with E-state index in [1.165, 1.54) is 5.56 Å². The van der Waals surface area contributed by atoms with Crippen LogP contribution in [-0.4, -0.2) is 19.1 Å². The van der Waals surface area contributed by atoms with Crippen molar-refractivity contribution in [3.63, 3.8) is 0 Å². The van der Waals surface area contributed by atoms with Gasteiger partial charge in [0.05, 0.1) is 7.11 Å². The molecule has 0 spiro atoms. The van der Waals surface area contributed by atoms with Crippen molar-refractivity contribution in [2.24, 2.45) is 11.7 Å². The third-order valence-electron chi connectivity index (χ3n) is 3.70. The topological polar surface area (TPSA) is 64.3 Å². The van der Waals surface area contributed by atoms with Gasteiger partial charge in [-0.3, -0.25) is 4.79 Å². The van der Waals surface area contributed by atoms with Crippen LogP contribution in [0.3, 0.4) is 0 Å². The number of carbonyl (C=O) groups is 1. The van der Waals surface area contributed by atoms with Gasteiger partial charge in [0.1, 0.15) is 5.75 Å². The lowest BCUT2D eigenvalue weighted by molar-refractivity contribution is -0.128. The maximum atomic E-state index is 11.9. The minimum Gasteiger partial charge on any atom is -0.496 e. The molecular formula is C15H22N2O2. The van der Waals surface area contributed by atoms with Gasteiger partial charge in [0.25, 0.3) is 0 Å². The van der Waals surface area contributed by atoms with Gasteiger partial charge in [-0.05, 0) is 32.3 Å². The van der Waals surface area contributed by atoms with Crippen molar-refractivity contribution in [2.45, 2.75) is 39.3 Å². The van der Waals surface area contributed by atoms with E-state index >= 15 is 0 Å². The number of ether oxygens (including phenoxy) is 1. The zero-order valence-electron chi connectivity index (χ0n) is 11.8. The Morgan fingerprint density at radius 3 is 2.68 bits per heavy atom. The summed E-state index contributed by atoms with van der Waals surface area (Å²) < 4.78 is 5.41. The van der Waals surface area contributed by atoms with Gasteiger partial charge in [-0.2, -0.15) is 0 Å². The van der Waals surface area contributed by atoms with Crippen molar-refractivity contribution in [3.05, 3.63) is 28.8 Å². The number of benzene rings is 1. The lowest BCUT2D eigenvalue weighted by Crippen LogP contribution is -2.44. The van der Waals surface area contributed by atoms with Gasteiger partial charge in [-0.1, -0.05) is 17.7 Å². The largest absolute Gasteiger partial charge is 0.496 e. The van der Waals surface area contributed by atoms with Gasteiger partial charge >= 0.3 is 0 Å². The summed E-state index contributed by atoms with van der Waals surface area (Å²) >= 11 is 0. The molecule has 0 saturated heterocycles. The molecule has 19 heavy (non-hydrogen) atoms. The predicted molar refractivity (Wildman–Crippen MR) is 75.0 cm³/mol. The Hall–Kier alpha value is -1.55. The third kappa shape index (κ3) is 3.07. The average molecular weight is 262 g/mol. The van der Waals surface area contributed by atoms with Crippen molar-refractivity contribution in [1.82, 2.24) is 5.32 Å². The molecule has 0 aromatic heterocycles. The molecule has 0 bridgehead atoms. The summed E-state index contributed by atoms with van der Waals surface area (Å²) in [6, 6.07) is 4.33. The molecule has 0 radical (unpaired) electrons. The molecule has 1 aromatic rings. The number of nitrogens with two attached hydrogens (primary N) is 1. The molecule has 0 atom stereocenters. The smallest absolute Gasteiger partial charge is 0.223 e. The molecule has 1 aliphatic carbocycles. The number of methoxy groups -OCH3 is 1. The zero-order valence-corrected chi connectivity index (χ0v) is 11.8. The van der Waals surface area contributed by atoms with E-state index in [9.17, 15) is 4.79 Å². The number of rotatable bonds is 4. The first-order valence-corrected chi connectivity index (χ1v) is 6.68. The van der Waals surface area contributed by atoms with E-state index < -0.39 is 0 Å². The number of amides is 1. The number of hydrogen-bond acceptors (Lipinski definition) is 3. The van der Waals surface area contributed by atoms with Crippen LogP contribution in [0.4, 0.5) is 0 Å². The molecule has 1 fully saturated rings. The van der Waals surface area contributed by atoms with E-state index in [1.807, 2.05) is 13.8 Å². The molecule has 4 nitrogen and oxygen atoms in total. The van der Waals surface area contributed by atoms with Crippen molar-refractivity contribution in [2.75, 3.05) is 7.11 Å². The highest BCUT2D eigenvalue weighted by atomic mass is 16.5. The van der Waals surface area contributed by atoms with Crippen molar-refractivity contribution in [1.29, 1.82) is 0 Å². The van der Waals surface area contributed by atoms with E-state index in [0.29, 0.717) is 6.54 Å². The van der Waals surface area contributed by atoms with Gasteiger partial charge in [-0.15, -0.1) is 0 Å². The highest BCUT2D eigenvalue weighted by molar-refractivity contribution is 5.79. The van der Waals surface area contributed by atoms with Gasteiger partial charge in [-0.25, -0.2) is 0 Å². The van der Waals surface area contributed by atoms with Crippen molar-refractivity contribution in [3.8, 4) is 5.75 Å². The van der Waals surface area contributed by atoms with E-state index in [1.54, 1.807) is 7.11 Å². The third-order valence-corrected chi connectivity index (χ3v) is 3.70. The number of carbonyl (C=O) groups excluding carboxylic acids is 1. The minimum atomic E-state index is 0.0897. The van der Waals surface area contributed by atoms with Crippen LogP contribution in [0.1, 0.15) is 29.5 Å². The summed E-state index contributed by atoms with van der Waals surface area (Å²) in [4.78, 5) is 11.9. The minimum absolute atomic E-state index is 0.0897. The molecule has 1 aromatic carbocycles. The Morgan fingerprint density at radius 1 is 1.42 bits per heavy atom. The number of aryl methyl sites for hydroxylation is 2. The van der Waals surface area contributed by atoms with Crippen LogP contribution in [0.25, 0.3) is 0 Å². The Kier molecular flexibility index (Phi) is 4.10. The predicted octanol–water partition coefficient (Wildman–Crippen LogP) is 1.67. The lowest BCUT2D eigenvalue weighted by Gasteiger charge is -2.31. The first-order valence-electron chi connectivity index (χ1n) is 6.68. The summed E-state index contributed by atoms with van der Waals surface area (Å²) in [5.41, 5.74) is 8.99. The van der Waals surface area contributed by atoms with Crippen LogP contribution in [-0.2, 0) is 11.3 Å². The van der Waals surface area contributed by atoms with Crippen LogP contribution < -0.4 is 15.8 Å². The summed E-state index contributed by atoms with van der Waals surface area (Å²) in [6.07, 6.45) is 1.60. The summed E-state index contributed by atoms with van der Waals surface area (Å²) in [7, 11) is 1.66. The van der Waals surface area contributed by atoms with E-state index in [2.05, 4.69) is 17.4 Å². The van der Waals surface area contributed by atoms with Gasteiger partial charge in [0, 0.05) is 24.1 Å². The molecule has 1 amide bonds. The fourth-order valence-electron chi connectivity index (χ4n) is 2.67. The molecule has 2 rings (SSSR count). The van der Waals surface area contributed by atoms with Crippen LogP contribution in [0, 0.1) is 19.8 Å². The lowest BCUT2D eigenvalue weighted by atomic mass is 9.80. The quantitative estimate of drug-likeness (QED) is 0.867. The molecule has 104 valence electrons. The normalized spacial score (nSPS) is 21.7. The fourth-order valence-corrected chi connectivity index (χ4v) is 2.67. The second-order valence-electron chi connectivity index (χ2n) is 5.42. The van der Waals surface area contributed by atoms with Gasteiger partial charge in [0.2, 0.25) is 5.91 Å². The summed E-state index contributed by atoms with van der Waals surface area (Å²) in [5, 5.41) is 2.98. The molecule has 4 heteroatoms. The van der Waals surface area contributed by atoms with Crippen LogP contribution in [0.15, 0.2) is 12.1 Å². The zero-order chi connectivity index (χ0) is 14.0. The number of nitrogens with one attached hydrogen (secondary N) is 1. The first kappa shape index (κ1) is 13.9. The Morgan fingerprint density at radius 2 is 2.11 bits per heavy atom. The van der Waals surface area contributed by atoms with Crippen molar-refractivity contribution < 1.29 is 9.53 Å². The van der Waals surface area contributed by atoms with E-state index in [4.69, 9.17) is 10.5 Å². The molecular weight excluding hydrogens is 240 g/mol. The summed E-state index contributed by atoms with van der Waals surface area (Å²) in [5.74, 6) is 1.05. The van der Waals surface area contributed by atoms with E-state index in [0.717, 1.165) is 29.7 Å². The highest BCUT2D eigenvalue weighted by Gasteiger charge is 2.31. The van der Waals surface area contributed by atoms with Crippen molar-refractivity contribution >= 4 is 5.91 Å².